The third-order valence-electron chi connectivity index (χ3n) is 6.14. The Bertz CT molecular complexity index is 1140. The fourth-order valence-corrected chi connectivity index (χ4v) is 5.52. The number of benzene rings is 1. The number of hydrogen-bond acceptors (Lipinski definition) is 4. The van der Waals surface area contributed by atoms with Crippen LogP contribution in [0.3, 0.4) is 0 Å². The number of nitrogens with zero attached hydrogens (tertiary/aromatic N) is 2. The van der Waals surface area contributed by atoms with Crippen LogP contribution in [0.2, 0.25) is 0 Å². The summed E-state index contributed by atoms with van der Waals surface area (Å²) in [5.74, 6) is 0.161. The first kappa shape index (κ1) is 20.3. The Labute approximate surface area is 185 Å². The highest BCUT2D eigenvalue weighted by atomic mass is 32.2. The van der Waals surface area contributed by atoms with Crippen LogP contribution in [0.4, 0.5) is 4.39 Å². The zero-order valence-electron chi connectivity index (χ0n) is 17.2. The highest BCUT2D eigenvalue weighted by molar-refractivity contribution is 8.04. The van der Waals surface area contributed by atoms with Crippen molar-refractivity contribution in [3.05, 3.63) is 70.6 Å². The van der Waals surface area contributed by atoms with Gasteiger partial charge in [-0.15, -0.1) is 0 Å². The summed E-state index contributed by atoms with van der Waals surface area (Å²) in [5.41, 5.74) is 2.78. The number of hydrogen-bond donors (Lipinski definition) is 2. The molecule has 2 aliphatic heterocycles. The average molecular weight is 437 g/mol. The van der Waals surface area contributed by atoms with Gasteiger partial charge in [0.15, 0.2) is 0 Å². The first-order valence-electron chi connectivity index (χ1n) is 10.8. The van der Waals surface area contributed by atoms with Gasteiger partial charge < -0.3 is 10.6 Å². The average Bonchev–Trinajstić information content (AvgIpc) is 3.22. The molecule has 0 radical (unpaired) electrons. The molecule has 2 aliphatic rings. The molecule has 1 amide bonds. The Kier molecular flexibility index (Phi) is 5.78. The first-order chi connectivity index (χ1) is 15.2. The summed E-state index contributed by atoms with van der Waals surface area (Å²) in [7, 11) is 0. The Morgan fingerprint density at radius 1 is 1.26 bits per heavy atom. The molecule has 1 aromatic carbocycles. The quantitative estimate of drug-likeness (QED) is 0.612. The molecule has 2 N–H and O–H groups in total. The molecule has 1 atom stereocenters. The first-order valence-corrected chi connectivity index (χ1v) is 11.6. The Balaban J connectivity index is 1.33. The molecular weight excluding hydrogens is 411 g/mol. The number of piperidine rings is 1. The third-order valence-corrected chi connectivity index (χ3v) is 7.19. The summed E-state index contributed by atoms with van der Waals surface area (Å²) in [6, 6.07) is 12.7. The summed E-state index contributed by atoms with van der Waals surface area (Å²) >= 11 is 1.48. The van der Waals surface area contributed by atoms with E-state index in [1.807, 2.05) is 30.3 Å². The van der Waals surface area contributed by atoms with Crippen molar-refractivity contribution < 1.29 is 9.18 Å². The van der Waals surface area contributed by atoms with Crippen molar-refractivity contribution in [3.63, 3.8) is 0 Å². The molecule has 1 fully saturated rings. The second-order valence-corrected chi connectivity index (χ2v) is 9.25. The molecule has 5 rings (SSSR count). The van der Waals surface area contributed by atoms with Gasteiger partial charge in [0, 0.05) is 6.04 Å². The van der Waals surface area contributed by atoms with E-state index in [9.17, 15) is 9.18 Å². The number of amides is 1. The number of pyridine rings is 1. The number of aryl methyl sites for hydroxylation is 1. The van der Waals surface area contributed by atoms with Crippen molar-refractivity contribution in [1.82, 2.24) is 20.0 Å². The van der Waals surface area contributed by atoms with Crippen LogP contribution in [0.5, 0.6) is 0 Å². The molecule has 1 saturated heterocycles. The number of halogens is 1. The third kappa shape index (κ3) is 4.38. The van der Waals surface area contributed by atoms with Crippen LogP contribution in [0.1, 0.15) is 30.5 Å². The molecule has 0 saturated carbocycles. The largest absolute Gasteiger partial charge is 0.349 e. The minimum atomic E-state index is -0.213. The van der Waals surface area contributed by atoms with Gasteiger partial charge in [-0.25, -0.2) is 9.37 Å². The second-order valence-electron chi connectivity index (χ2n) is 8.19. The van der Waals surface area contributed by atoms with E-state index in [-0.39, 0.29) is 17.8 Å². The minimum absolute atomic E-state index is 0.0442. The summed E-state index contributed by atoms with van der Waals surface area (Å²) in [6.45, 7) is 1.94. The predicted octanol–water partition coefficient (Wildman–Crippen LogP) is 4.04. The maximum Gasteiger partial charge on any atom is 0.258 e. The van der Waals surface area contributed by atoms with Crippen LogP contribution in [-0.2, 0) is 11.2 Å². The molecular formula is C24H25FN4OS. The van der Waals surface area contributed by atoms with Gasteiger partial charge in [-0.1, -0.05) is 30.0 Å². The SMILES string of the molecule is O=C(NC(CCc1cccc(F)c1)C1CCNCC1)C1=Cc2cnc3cccc(n23)S1. The molecule has 0 spiro atoms. The van der Waals surface area contributed by atoms with Gasteiger partial charge in [0.05, 0.1) is 21.8 Å². The highest BCUT2D eigenvalue weighted by Crippen LogP contribution is 2.34. The molecule has 160 valence electrons. The minimum Gasteiger partial charge on any atom is -0.349 e. The molecule has 4 heterocycles. The lowest BCUT2D eigenvalue weighted by Gasteiger charge is -2.32. The molecule has 0 bridgehead atoms. The fourth-order valence-electron chi connectivity index (χ4n) is 4.53. The van der Waals surface area contributed by atoms with E-state index < -0.39 is 0 Å². The number of rotatable bonds is 6. The molecule has 31 heavy (non-hydrogen) atoms. The van der Waals surface area contributed by atoms with Crippen molar-refractivity contribution in [2.24, 2.45) is 5.92 Å². The summed E-state index contributed by atoms with van der Waals surface area (Å²) in [6.07, 6.45) is 7.33. The molecule has 2 aromatic heterocycles. The van der Waals surface area contributed by atoms with Crippen molar-refractivity contribution in [2.75, 3.05) is 13.1 Å². The van der Waals surface area contributed by atoms with E-state index in [1.54, 1.807) is 18.3 Å². The van der Waals surface area contributed by atoms with Gasteiger partial charge in [0.2, 0.25) is 0 Å². The Morgan fingerprint density at radius 3 is 2.94 bits per heavy atom. The summed E-state index contributed by atoms with van der Waals surface area (Å²) in [5, 5.41) is 7.71. The Morgan fingerprint density at radius 2 is 2.10 bits per heavy atom. The van der Waals surface area contributed by atoms with Crippen molar-refractivity contribution in [1.29, 1.82) is 0 Å². The molecule has 3 aromatic rings. The van der Waals surface area contributed by atoms with Crippen molar-refractivity contribution in [3.8, 4) is 0 Å². The van der Waals surface area contributed by atoms with E-state index in [0.717, 1.165) is 60.7 Å². The van der Waals surface area contributed by atoms with E-state index in [2.05, 4.69) is 20.0 Å². The fraction of sp³-hybridized carbons (Fsp3) is 0.333. The van der Waals surface area contributed by atoms with E-state index in [1.165, 1.54) is 17.8 Å². The van der Waals surface area contributed by atoms with Crippen LogP contribution in [0.25, 0.3) is 11.7 Å². The van der Waals surface area contributed by atoms with Crippen molar-refractivity contribution >= 4 is 29.4 Å². The lowest BCUT2D eigenvalue weighted by molar-refractivity contribution is -0.117. The van der Waals surface area contributed by atoms with Gasteiger partial charge in [0.25, 0.3) is 5.91 Å². The number of carbonyl (C=O) groups excluding carboxylic acids is 1. The number of aromatic nitrogens is 2. The molecule has 1 unspecified atom stereocenters. The summed E-state index contributed by atoms with van der Waals surface area (Å²) in [4.78, 5) is 18.4. The van der Waals surface area contributed by atoms with Gasteiger partial charge >= 0.3 is 0 Å². The number of imidazole rings is 1. The van der Waals surface area contributed by atoms with Crippen LogP contribution < -0.4 is 10.6 Å². The zero-order chi connectivity index (χ0) is 21.2. The number of nitrogens with one attached hydrogen (secondary N) is 2. The number of carbonyl (C=O) groups is 1. The Hall–Kier alpha value is -2.64. The lowest BCUT2D eigenvalue weighted by atomic mass is 9.86. The molecule has 5 nitrogen and oxygen atoms in total. The normalized spacial score (nSPS) is 17.4. The zero-order valence-corrected chi connectivity index (χ0v) is 18.0. The summed E-state index contributed by atoms with van der Waals surface area (Å²) < 4.78 is 15.7. The standard InChI is InChI=1S/C24H25FN4OS/c25-18-4-1-3-16(13-18)7-8-20(17-9-11-26-12-10-17)28-24(30)21-14-19-15-27-22-5-2-6-23(31-21)29(19)22/h1-6,13-15,17,20,26H,7-12H2,(H,28,30). The second kappa shape index (κ2) is 8.85. The number of thioether (sulfide) groups is 1. The maximum absolute atomic E-state index is 13.6. The van der Waals surface area contributed by atoms with E-state index >= 15 is 0 Å². The van der Waals surface area contributed by atoms with Gasteiger partial charge in [0.1, 0.15) is 11.5 Å². The molecule has 0 aliphatic carbocycles. The monoisotopic (exact) mass is 436 g/mol. The topological polar surface area (TPSA) is 58.4 Å². The van der Waals surface area contributed by atoms with E-state index in [4.69, 9.17) is 0 Å². The van der Waals surface area contributed by atoms with E-state index in [0.29, 0.717) is 10.8 Å². The van der Waals surface area contributed by atoms with Gasteiger partial charge in [-0.3, -0.25) is 9.20 Å². The van der Waals surface area contributed by atoms with Crippen LogP contribution in [0.15, 0.2) is 58.6 Å². The molecule has 7 heteroatoms. The van der Waals surface area contributed by atoms with Gasteiger partial charge in [-0.05, 0) is 80.6 Å². The maximum atomic E-state index is 13.6. The highest BCUT2D eigenvalue weighted by Gasteiger charge is 2.27. The lowest BCUT2D eigenvalue weighted by Crippen LogP contribution is -2.45. The smallest absolute Gasteiger partial charge is 0.258 e. The van der Waals surface area contributed by atoms with Crippen LogP contribution >= 0.6 is 11.8 Å². The van der Waals surface area contributed by atoms with Crippen LogP contribution in [0, 0.1) is 11.7 Å². The van der Waals surface area contributed by atoms with Gasteiger partial charge in [-0.2, -0.15) is 0 Å². The van der Waals surface area contributed by atoms with Crippen molar-refractivity contribution in [2.45, 2.75) is 36.8 Å². The van der Waals surface area contributed by atoms with Crippen LogP contribution in [-0.4, -0.2) is 34.4 Å². The predicted molar refractivity (Wildman–Crippen MR) is 121 cm³/mol.